The Morgan fingerprint density at radius 2 is 2.20 bits per heavy atom. The average Bonchev–Trinajstić information content (AvgIpc) is 2.84. The zero-order valence-corrected chi connectivity index (χ0v) is 11.8. The van der Waals surface area contributed by atoms with Crippen molar-refractivity contribution in [3.8, 4) is 0 Å². The minimum absolute atomic E-state index is 0.133. The number of amides is 1. The Hall–Kier alpha value is -2.14. The molecule has 0 saturated carbocycles. The molecule has 5 nitrogen and oxygen atoms in total. The fourth-order valence-corrected chi connectivity index (χ4v) is 1.77. The standard InChI is InChI=1S/C15H19N3O2/c1-18(2)11-5-10-16-14(19)8-9-15-17-12-6-3-4-7-13(12)20-15/h3-4,6-9H,5,10-11H2,1-2H3,(H,16,19)/b9-8+. The molecule has 0 aliphatic rings. The fourth-order valence-electron chi connectivity index (χ4n) is 1.77. The number of nitrogens with zero attached hydrogens (tertiary/aromatic N) is 2. The first-order valence-corrected chi connectivity index (χ1v) is 6.61. The van der Waals surface area contributed by atoms with Crippen LogP contribution in [0.25, 0.3) is 17.2 Å². The molecular weight excluding hydrogens is 254 g/mol. The van der Waals surface area contributed by atoms with Crippen LogP contribution in [0.5, 0.6) is 0 Å². The van der Waals surface area contributed by atoms with E-state index in [1.54, 1.807) is 6.08 Å². The number of para-hydroxylation sites is 2. The van der Waals surface area contributed by atoms with Gasteiger partial charge in [0.1, 0.15) is 5.52 Å². The van der Waals surface area contributed by atoms with Crippen LogP contribution in [-0.4, -0.2) is 43.0 Å². The van der Waals surface area contributed by atoms with Crippen LogP contribution in [0, 0.1) is 0 Å². The Morgan fingerprint density at radius 1 is 1.40 bits per heavy atom. The summed E-state index contributed by atoms with van der Waals surface area (Å²) in [7, 11) is 4.02. The molecule has 1 heterocycles. The van der Waals surface area contributed by atoms with Crippen LogP contribution in [0.4, 0.5) is 0 Å². The lowest BCUT2D eigenvalue weighted by Gasteiger charge is -2.08. The first-order valence-electron chi connectivity index (χ1n) is 6.61. The fraction of sp³-hybridized carbons (Fsp3) is 0.333. The Kier molecular flexibility index (Phi) is 4.90. The Labute approximate surface area is 118 Å². The van der Waals surface area contributed by atoms with Gasteiger partial charge in [-0.15, -0.1) is 0 Å². The van der Waals surface area contributed by atoms with Gasteiger partial charge < -0.3 is 14.6 Å². The summed E-state index contributed by atoms with van der Waals surface area (Å²) in [6.07, 6.45) is 3.96. The number of rotatable bonds is 6. The van der Waals surface area contributed by atoms with Crippen molar-refractivity contribution < 1.29 is 9.21 Å². The van der Waals surface area contributed by atoms with Crippen molar-refractivity contribution in [1.82, 2.24) is 15.2 Å². The van der Waals surface area contributed by atoms with E-state index in [0.29, 0.717) is 12.4 Å². The van der Waals surface area contributed by atoms with Gasteiger partial charge in [0.15, 0.2) is 5.58 Å². The average molecular weight is 273 g/mol. The number of benzene rings is 1. The molecule has 1 amide bonds. The van der Waals surface area contributed by atoms with E-state index in [2.05, 4.69) is 15.2 Å². The highest BCUT2D eigenvalue weighted by atomic mass is 16.3. The molecular formula is C15H19N3O2. The monoisotopic (exact) mass is 273 g/mol. The molecule has 1 aromatic heterocycles. The van der Waals surface area contributed by atoms with Gasteiger partial charge in [0.25, 0.3) is 0 Å². The Balaban J connectivity index is 1.84. The lowest BCUT2D eigenvalue weighted by atomic mass is 10.3. The first kappa shape index (κ1) is 14.3. The van der Waals surface area contributed by atoms with Crippen molar-refractivity contribution in [2.24, 2.45) is 0 Å². The second-order valence-electron chi connectivity index (χ2n) is 4.80. The zero-order chi connectivity index (χ0) is 14.4. The Bertz CT molecular complexity index is 569. The van der Waals surface area contributed by atoms with Crippen LogP contribution in [0.2, 0.25) is 0 Å². The van der Waals surface area contributed by atoms with Gasteiger partial charge in [-0.1, -0.05) is 12.1 Å². The number of hydrogen-bond acceptors (Lipinski definition) is 4. The van der Waals surface area contributed by atoms with E-state index in [0.717, 1.165) is 24.1 Å². The molecule has 2 aromatic rings. The maximum atomic E-state index is 11.6. The minimum atomic E-state index is -0.133. The van der Waals surface area contributed by atoms with E-state index < -0.39 is 0 Å². The van der Waals surface area contributed by atoms with Crippen molar-refractivity contribution in [3.05, 3.63) is 36.2 Å². The smallest absolute Gasteiger partial charge is 0.244 e. The SMILES string of the molecule is CN(C)CCCNC(=O)/C=C/c1nc2ccccc2o1. The van der Waals surface area contributed by atoms with Crippen molar-refractivity contribution in [3.63, 3.8) is 0 Å². The van der Waals surface area contributed by atoms with Crippen molar-refractivity contribution in [2.75, 3.05) is 27.2 Å². The highest BCUT2D eigenvalue weighted by Crippen LogP contribution is 2.15. The molecule has 0 bridgehead atoms. The first-order chi connectivity index (χ1) is 9.65. The van der Waals surface area contributed by atoms with Crippen LogP contribution in [0.1, 0.15) is 12.3 Å². The van der Waals surface area contributed by atoms with Gasteiger partial charge >= 0.3 is 0 Å². The third-order valence-corrected chi connectivity index (χ3v) is 2.77. The van der Waals surface area contributed by atoms with E-state index in [1.807, 2.05) is 38.4 Å². The van der Waals surface area contributed by atoms with Gasteiger partial charge in [0.05, 0.1) is 0 Å². The van der Waals surface area contributed by atoms with Crippen LogP contribution in [-0.2, 0) is 4.79 Å². The molecule has 0 unspecified atom stereocenters. The molecule has 0 radical (unpaired) electrons. The summed E-state index contributed by atoms with van der Waals surface area (Å²) < 4.78 is 5.49. The van der Waals surface area contributed by atoms with Crippen molar-refractivity contribution in [1.29, 1.82) is 0 Å². The molecule has 0 aliphatic heterocycles. The van der Waals surface area contributed by atoms with Gasteiger partial charge in [0.2, 0.25) is 11.8 Å². The molecule has 0 spiro atoms. The molecule has 0 atom stereocenters. The quantitative estimate of drug-likeness (QED) is 0.645. The second-order valence-corrected chi connectivity index (χ2v) is 4.80. The maximum absolute atomic E-state index is 11.6. The summed E-state index contributed by atoms with van der Waals surface area (Å²) in [5.41, 5.74) is 1.51. The highest BCUT2D eigenvalue weighted by Gasteiger charge is 2.02. The van der Waals surface area contributed by atoms with E-state index >= 15 is 0 Å². The summed E-state index contributed by atoms with van der Waals surface area (Å²) in [6.45, 7) is 1.62. The van der Waals surface area contributed by atoms with E-state index in [4.69, 9.17) is 4.42 Å². The maximum Gasteiger partial charge on any atom is 0.244 e. The van der Waals surface area contributed by atoms with Crippen LogP contribution in [0.3, 0.4) is 0 Å². The number of carbonyl (C=O) groups is 1. The van der Waals surface area contributed by atoms with Gasteiger partial charge in [-0.25, -0.2) is 4.98 Å². The third kappa shape index (κ3) is 4.20. The number of hydrogen-bond donors (Lipinski definition) is 1. The number of fused-ring (bicyclic) bond motifs is 1. The molecule has 1 N–H and O–H groups in total. The number of nitrogens with one attached hydrogen (secondary N) is 1. The summed E-state index contributed by atoms with van der Waals surface area (Å²) in [5.74, 6) is 0.306. The van der Waals surface area contributed by atoms with E-state index in [9.17, 15) is 4.79 Å². The predicted molar refractivity (Wildman–Crippen MR) is 79.2 cm³/mol. The van der Waals surface area contributed by atoms with E-state index in [-0.39, 0.29) is 5.91 Å². The molecule has 0 aliphatic carbocycles. The summed E-state index contributed by atoms with van der Waals surface area (Å²) >= 11 is 0. The molecule has 1 aromatic carbocycles. The van der Waals surface area contributed by atoms with E-state index in [1.165, 1.54) is 6.08 Å². The molecule has 0 fully saturated rings. The van der Waals surface area contributed by atoms with Crippen LogP contribution >= 0.6 is 0 Å². The topological polar surface area (TPSA) is 58.4 Å². The van der Waals surface area contributed by atoms with Crippen LogP contribution in [0.15, 0.2) is 34.8 Å². The molecule has 0 saturated heterocycles. The van der Waals surface area contributed by atoms with Gasteiger partial charge in [-0.3, -0.25) is 4.79 Å². The zero-order valence-electron chi connectivity index (χ0n) is 11.8. The third-order valence-electron chi connectivity index (χ3n) is 2.77. The van der Waals surface area contributed by atoms with Crippen molar-refractivity contribution >= 4 is 23.1 Å². The molecule has 106 valence electrons. The molecule has 2 rings (SSSR count). The van der Waals surface area contributed by atoms with Crippen LogP contribution < -0.4 is 5.32 Å². The second kappa shape index (κ2) is 6.86. The largest absolute Gasteiger partial charge is 0.437 e. The minimum Gasteiger partial charge on any atom is -0.437 e. The normalized spacial score (nSPS) is 11.6. The summed E-state index contributed by atoms with van der Waals surface area (Å²) in [4.78, 5) is 17.9. The number of aromatic nitrogens is 1. The summed E-state index contributed by atoms with van der Waals surface area (Å²) in [5, 5.41) is 2.82. The Morgan fingerprint density at radius 3 is 2.95 bits per heavy atom. The van der Waals surface area contributed by atoms with Gasteiger partial charge in [-0.05, 0) is 39.2 Å². The lowest BCUT2D eigenvalue weighted by Crippen LogP contribution is -2.25. The lowest BCUT2D eigenvalue weighted by molar-refractivity contribution is -0.116. The summed E-state index contributed by atoms with van der Waals surface area (Å²) in [6, 6.07) is 7.51. The number of oxazole rings is 1. The van der Waals surface area contributed by atoms with Crippen molar-refractivity contribution in [2.45, 2.75) is 6.42 Å². The highest BCUT2D eigenvalue weighted by molar-refractivity contribution is 5.91. The predicted octanol–water partition coefficient (Wildman–Crippen LogP) is 1.91. The molecule has 5 heteroatoms. The van der Waals surface area contributed by atoms with Gasteiger partial charge in [-0.2, -0.15) is 0 Å². The van der Waals surface area contributed by atoms with Gasteiger partial charge in [0, 0.05) is 18.7 Å². The number of carbonyl (C=O) groups excluding carboxylic acids is 1. The molecule has 20 heavy (non-hydrogen) atoms.